The second kappa shape index (κ2) is 6.94. The van der Waals surface area contributed by atoms with Gasteiger partial charge in [0, 0.05) is 17.5 Å². The van der Waals surface area contributed by atoms with Gasteiger partial charge in [0.05, 0.1) is 6.10 Å². The molecule has 0 saturated heterocycles. The van der Waals surface area contributed by atoms with Crippen LogP contribution in [0, 0.1) is 13.8 Å². The molecule has 3 rings (SSSR count). The van der Waals surface area contributed by atoms with Gasteiger partial charge in [0.25, 0.3) is 5.91 Å². The second-order valence-electron chi connectivity index (χ2n) is 5.91. The number of benzene rings is 1. The average Bonchev–Trinajstić information content (AvgIpc) is 2.92. The molecule has 2 heterocycles. The van der Waals surface area contributed by atoms with Gasteiger partial charge in [0.2, 0.25) is 0 Å². The van der Waals surface area contributed by atoms with Crippen molar-refractivity contribution in [2.45, 2.75) is 26.4 Å². The lowest BCUT2D eigenvalue weighted by atomic mass is 10.1. The minimum Gasteiger partial charge on any atom is -0.466 e. The van der Waals surface area contributed by atoms with Crippen molar-refractivity contribution in [1.29, 1.82) is 0 Å². The Morgan fingerprint density at radius 3 is 2.68 bits per heavy atom. The highest BCUT2D eigenvalue weighted by molar-refractivity contribution is 5.96. The van der Waals surface area contributed by atoms with Crippen LogP contribution in [-0.4, -0.2) is 17.6 Å². The number of rotatable bonds is 5. The third-order valence-corrected chi connectivity index (χ3v) is 4.03. The Balaban J connectivity index is 1.66. The van der Waals surface area contributed by atoms with Gasteiger partial charge in [0.1, 0.15) is 22.7 Å². The van der Waals surface area contributed by atoms with Gasteiger partial charge < -0.3 is 19.3 Å². The van der Waals surface area contributed by atoms with Gasteiger partial charge in [-0.25, -0.2) is 4.79 Å². The van der Waals surface area contributed by atoms with E-state index < -0.39 is 17.6 Å². The van der Waals surface area contributed by atoms with Crippen molar-refractivity contribution in [3.63, 3.8) is 0 Å². The maximum atomic E-state index is 12.2. The Hall–Kier alpha value is -2.86. The lowest BCUT2D eigenvalue weighted by Gasteiger charge is -2.10. The molecule has 0 aliphatic carbocycles. The van der Waals surface area contributed by atoms with Crippen molar-refractivity contribution in [2.75, 3.05) is 6.54 Å². The molecule has 6 heteroatoms. The van der Waals surface area contributed by atoms with E-state index in [9.17, 15) is 14.7 Å². The summed E-state index contributed by atoms with van der Waals surface area (Å²) in [7, 11) is 0. The molecule has 1 atom stereocenters. The van der Waals surface area contributed by atoms with E-state index in [-0.39, 0.29) is 12.1 Å². The number of carbonyl (C=O) groups is 1. The first kappa shape index (κ1) is 17.0. The monoisotopic (exact) mass is 341 g/mol. The van der Waals surface area contributed by atoms with E-state index in [1.807, 2.05) is 6.92 Å². The number of fused-ring (bicyclic) bond motifs is 1. The topological polar surface area (TPSA) is 92.7 Å². The number of para-hydroxylation sites is 1. The Kier molecular flexibility index (Phi) is 4.72. The SMILES string of the molecule is Cc1cc([C@H](O)CCNC(=O)c2cc3ccccc3oc2=O)c(C)o1. The highest BCUT2D eigenvalue weighted by Gasteiger charge is 2.16. The van der Waals surface area contributed by atoms with Crippen LogP contribution in [0.25, 0.3) is 11.0 Å². The number of aliphatic hydroxyl groups is 1. The van der Waals surface area contributed by atoms with Gasteiger partial charge in [-0.15, -0.1) is 0 Å². The summed E-state index contributed by atoms with van der Waals surface area (Å²) in [4.78, 5) is 24.2. The van der Waals surface area contributed by atoms with E-state index in [0.717, 1.165) is 5.76 Å². The quantitative estimate of drug-likeness (QED) is 0.696. The third-order valence-electron chi connectivity index (χ3n) is 4.03. The zero-order chi connectivity index (χ0) is 18.0. The predicted molar refractivity (Wildman–Crippen MR) is 92.6 cm³/mol. The summed E-state index contributed by atoms with van der Waals surface area (Å²) in [6, 6.07) is 10.3. The van der Waals surface area contributed by atoms with Gasteiger partial charge in [-0.05, 0) is 38.5 Å². The van der Waals surface area contributed by atoms with Gasteiger partial charge in [-0.1, -0.05) is 18.2 Å². The van der Waals surface area contributed by atoms with Crippen LogP contribution in [0.1, 0.15) is 40.0 Å². The van der Waals surface area contributed by atoms with Crippen molar-refractivity contribution in [3.8, 4) is 0 Å². The molecule has 2 aromatic heterocycles. The maximum Gasteiger partial charge on any atom is 0.349 e. The highest BCUT2D eigenvalue weighted by Crippen LogP contribution is 2.23. The fraction of sp³-hybridized carbons (Fsp3) is 0.263. The number of carbonyl (C=O) groups excluding carboxylic acids is 1. The van der Waals surface area contributed by atoms with Crippen molar-refractivity contribution in [2.24, 2.45) is 0 Å². The molecule has 0 aliphatic rings. The maximum absolute atomic E-state index is 12.2. The largest absolute Gasteiger partial charge is 0.466 e. The van der Waals surface area contributed by atoms with Crippen LogP contribution in [0.5, 0.6) is 0 Å². The summed E-state index contributed by atoms with van der Waals surface area (Å²) in [6.07, 6.45) is -0.435. The van der Waals surface area contributed by atoms with Crippen LogP contribution in [0.15, 0.2) is 50.0 Å². The number of hydrogen-bond donors (Lipinski definition) is 2. The Bertz CT molecular complexity index is 969. The number of furan rings is 1. The van der Waals surface area contributed by atoms with Gasteiger partial charge in [-0.3, -0.25) is 4.79 Å². The molecular formula is C19H19NO5. The zero-order valence-corrected chi connectivity index (χ0v) is 14.0. The zero-order valence-electron chi connectivity index (χ0n) is 14.0. The van der Waals surface area contributed by atoms with Gasteiger partial charge in [0.15, 0.2) is 0 Å². The van der Waals surface area contributed by atoms with Crippen LogP contribution in [-0.2, 0) is 0 Å². The molecule has 0 aliphatic heterocycles. The molecule has 1 amide bonds. The molecule has 1 aromatic carbocycles. The Morgan fingerprint density at radius 2 is 1.96 bits per heavy atom. The summed E-state index contributed by atoms with van der Waals surface area (Å²) < 4.78 is 10.5. The second-order valence-corrected chi connectivity index (χ2v) is 5.91. The van der Waals surface area contributed by atoms with Crippen LogP contribution >= 0.6 is 0 Å². The molecule has 0 fully saturated rings. The van der Waals surface area contributed by atoms with Crippen molar-refractivity contribution >= 4 is 16.9 Å². The lowest BCUT2D eigenvalue weighted by Crippen LogP contribution is -2.29. The van der Waals surface area contributed by atoms with Crippen molar-refractivity contribution < 1.29 is 18.7 Å². The molecule has 0 spiro atoms. The number of aryl methyl sites for hydroxylation is 2. The molecule has 6 nitrogen and oxygen atoms in total. The highest BCUT2D eigenvalue weighted by atomic mass is 16.4. The smallest absolute Gasteiger partial charge is 0.349 e. The molecule has 2 N–H and O–H groups in total. The van der Waals surface area contributed by atoms with Crippen LogP contribution in [0.3, 0.4) is 0 Å². The first-order chi connectivity index (χ1) is 12.0. The first-order valence-electron chi connectivity index (χ1n) is 8.02. The number of amides is 1. The van der Waals surface area contributed by atoms with Gasteiger partial charge >= 0.3 is 5.63 Å². The van der Waals surface area contributed by atoms with Crippen molar-refractivity contribution in [3.05, 3.63) is 69.5 Å². The number of hydrogen-bond acceptors (Lipinski definition) is 5. The van der Waals surface area contributed by atoms with Crippen LogP contribution in [0.4, 0.5) is 0 Å². The minimum absolute atomic E-state index is 0.0523. The predicted octanol–water partition coefficient (Wildman–Crippen LogP) is 2.86. The first-order valence-corrected chi connectivity index (χ1v) is 8.02. The van der Waals surface area contributed by atoms with E-state index >= 15 is 0 Å². The summed E-state index contributed by atoms with van der Waals surface area (Å²) in [5.74, 6) is 0.864. The van der Waals surface area contributed by atoms with Crippen LogP contribution < -0.4 is 10.9 Å². The fourth-order valence-electron chi connectivity index (χ4n) is 2.77. The Morgan fingerprint density at radius 1 is 1.20 bits per heavy atom. The van der Waals surface area contributed by atoms with E-state index in [1.54, 1.807) is 37.3 Å². The van der Waals surface area contributed by atoms with Crippen LogP contribution in [0.2, 0.25) is 0 Å². The fourth-order valence-corrected chi connectivity index (χ4v) is 2.77. The summed E-state index contributed by atoms with van der Waals surface area (Å²) in [5.41, 5.74) is 0.406. The lowest BCUT2D eigenvalue weighted by molar-refractivity contribution is 0.0939. The molecule has 25 heavy (non-hydrogen) atoms. The molecule has 0 saturated carbocycles. The summed E-state index contributed by atoms with van der Waals surface area (Å²) in [6.45, 7) is 3.81. The van der Waals surface area contributed by atoms with E-state index in [2.05, 4.69) is 5.32 Å². The minimum atomic E-state index is -0.745. The normalized spacial score (nSPS) is 12.3. The average molecular weight is 341 g/mol. The number of nitrogens with one attached hydrogen (secondary N) is 1. The molecule has 130 valence electrons. The molecule has 0 bridgehead atoms. The van der Waals surface area contributed by atoms with Crippen molar-refractivity contribution in [1.82, 2.24) is 5.32 Å². The summed E-state index contributed by atoms with van der Waals surface area (Å²) >= 11 is 0. The standard InChI is InChI=1S/C19H19NO5/c1-11-9-14(12(2)24-11)16(21)7-8-20-18(22)15-10-13-5-3-4-6-17(13)25-19(15)23/h3-6,9-10,16,21H,7-8H2,1-2H3,(H,20,22)/t16-/m1/s1. The molecule has 0 radical (unpaired) electrons. The summed E-state index contributed by atoms with van der Waals surface area (Å²) in [5, 5.41) is 13.5. The Labute approximate surface area is 144 Å². The van der Waals surface area contributed by atoms with Gasteiger partial charge in [-0.2, -0.15) is 0 Å². The van der Waals surface area contributed by atoms with E-state index in [1.165, 1.54) is 6.07 Å². The molecule has 0 unspecified atom stereocenters. The van der Waals surface area contributed by atoms with E-state index in [0.29, 0.717) is 28.7 Å². The molecule has 3 aromatic rings. The third kappa shape index (κ3) is 3.64. The van der Waals surface area contributed by atoms with E-state index in [4.69, 9.17) is 8.83 Å². The molecular weight excluding hydrogens is 322 g/mol. The number of aliphatic hydroxyl groups excluding tert-OH is 1.